The average Bonchev–Trinajstić information content (AvgIpc) is 3.05. The molecule has 1 aliphatic rings. The summed E-state index contributed by atoms with van der Waals surface area (Å²) in [6.45, 7) is 0.521. The Morgan fingerprint density at radius 3 is 2.67 bits per heavy atom. The van der Waals surface area contributed by atoms with Crippen LogP contribution < -0.4 is 0 Å². The number of aromatic carboxylic acids is 1. The second kappa shape index (κ2) is 6.33. The van der Waals surface area contributed by atoms with Gasteiger partial charge >= 0.3 is 5.97 Å². The summed E-state index contributed by atoms with van der Waals surface area (Å²) in [7, 11) is -3.25. The summed E-state index contributed by atoms with van der Waals surface area (Å²) in [5.41, 5.74) is 2.50. The van der Waals surface area contributed by atoms with E-state index in [-0.39, 0.29) is 11.6 Å². The first-order valence-corrected chi connectivity index (χ1v) is 9.47. The first-order chi connectivity index (χ1) is 11.4. The Labute approximate surface area is 140 Å². The quantitative estimate of drug-likeness (QED) is 0.919. The largest absolute Gasteiger partial charge is 0.478 e. The Morgan fingerprint density at radius 2 is 2.04 bits per heavy atom. The number of pyridine rings is 1. The Morgan fingerprint density at radius 1 is 1.25 bits per heavy atom. The molecular formula is C17H18N2O4S. The molecular weight excluding hydrogens is 328 g/mol. The van der Waals surface area contributed by atoms with Gasteiger partial charge in [-0.15, -0.1) is 0 Å². The van der Waals surface area contributed by atoms with E-state index >= 15 is 0 Å². The van der Waals surface area contributed by atoms with Crippen molar-refractivity contribution in [2.45, 2.75) is 18.9 Å². The van der Waals surface area contributed by atoms with Crippen LogP contribution in [0.5, 0.6) is 0 Å². The van der Waals surface area contributed by atoms with Gasteiger partial charge in [0.25, 0.3) is 0 Å². The minimum absolute atomic E-state index is 0.218. The van der Waals surface area contributed by atoms with E-state index in [1.807, 2.05) is 18.2 Å². The van der Waals surface area contributed by atoms with Crippen molar-refractivity contribution in [1.29, 1.82) is 0 Å². The van der Waals surface area contributed by atoms with Crippen molar-refractivity contribution in [3.63, 3.8) is 0 Å². The summed E-state index contributed by atoms with van der Waals surface area (Å²) in [6.07, 6.45) is 4.46. The lowest BCUT2D eigenvalue weighted by atomic mass is 10.0. The molecule has 0 spiro atoms. The van der Waals surface area contributed by atoms with Crippen molar-refractivity contribution in [3.8, 4) is 11.1 Å². The fourth-order valence-corrected chi connectivity index (χ4v) is 4.17. The molecule has 0 bridgehead atoms. The maximum absolute atomic E-state index is 11.8. The van der Waals surface area contributed by atoms with Gasteiger partial charge in [-0.05, 0) is 36.6 Å². The number of hydrogen-bond acceptors (Lipinski definition) is 4. The van der Waals surface area contributed by atoms with Crippen LogP contribution in [0.1, 0.15) is 34.9 Å². The Balaban J connectivity index is 1.89. The summed E-state index contributed by atoms with van der Waals surface area (Å²) in [4.78, 5) is 15.5. The highest BCUT2D eigenvalue weighted by molar-refractivity contribution is 7.88. The maximum atomic E-state index is 11.8. The van der Waals surface area contributed by atoms with Crippen LogP contribution in [0.4, 0.5) is 0 Å². The Hall–Kier alpha value is -2.25. The molecule has 1 N–H and O–H groups in total. The number of aromatic nitrogens is 1. The molecule has 1 atom stereocenters. The van der Waals surface area contributed by atoms with Gasteiger partial charge < -0.3 is 5.11 Å². The third-order valence-electron chi connectivity index (χ3n) is 4.20. The van der Waals surface area contributed by atoms with Gasteiger partial charge in [0.05, 0.1) is 23.6 Å². The zero-order valence-corrected chi connectivity index (χ0v) is 14.0. The highest BCUT2D eigenvalue weighted by Gasteiger charge is 2.33. The molecule has 0 unspecified atom stereocenters. The molecule has 6 nitrogen and oxygen atoms in total. The number of carboxylic acids is 1. The van der Waals surface area contributed by atoms with Crippen molar-refractivity contribution in [2.75, 3.05) is 12.8 Å². The summed E-state index contributed by atoms with van der Waals surface area (Å²) >= 11 is 0. The topological polar surface area (TPSA) is 87.6 Å². The van der Waals surface area contributed by atoms with Crippen LogP contribution in [-0.2, 0) is 10.0 Å². The highest BCUT2D eigenvalue weighted by atomic mass is 32.2. The zero-order valence-electron chi connectivity index (χ0n) is 13.2. The van der Waals surface area contributed by atoms with Crippen LogP contribution >= 0.6 is 0 Å². The molecule has 0 amide bonds. The maximum Gasteiger partial charge on any atom is 0.335 e. The van der Waals surface area contributed by atoms with Gasteiger partial charge in [-0.25, -0.2) is 13.2 Å². The summed E-state index contributed by atoms with van der Waals surface area (Å²) in [5, 5.41) is 9.07. The van der Waals surface area contributed by atoms with Crippen molar-refractivity contribution in [3.05, 3.63) is 53.9 Å². The van der Waals surface area contributed by atoms with E-state index in [9.17, 15) is 13.2 Å². The molecule has 0 radical (unpaired) electrons. The predicted molar refractivity (Wildman–Crippen MR) is 90.2 cm³/mol. The van der Waals surface area contributed by atoms with Crippen LogP contribution in [0.3, 0.4) is 0 Å². The van der Waals surface area contributed by atoms with E-state index in [1.54, 1.807) is 18.3 Å². The second-order valence-electron chi connectivity index (χ2n) is 5.89. The fraction of sp³-hybridized carbons (Fsp3) is 0.294. The molecule has 7 heteroatoms. The van der Waals surface area contributed by atoms with Gasteiger partial charge in [-0.1, -0.05) is 18.2 Å². The SMILES string of the molecule is CS(=O)(=O)N1CCC[C@H]1c1ccc(-c2cccc(C(=O)O)c2)cn1. The van der Waals surface area contributed by atoms with Gasteiger partial charge in [-0.2, -0.15) is 4.31 Å². The molecule has 1 saturated heterocycles. The smallest absolute Gasteiger partial charge is 0.335 e. The molecule has 1 fully saturated rings. The summed E-state index contributed by atoms with van der Waals surface area (Å²) in [5.74, 6) is -0.976. The number of benzene rings is 1. The minimum atomic E-state index is -3.25. The molecule has 24 heavy (non-hydrogen) atoms. The lowest BCUT2D eigenvalue weighted by Crippen LogP contribution is -2.29. The Bertz CT molecular complexity index is 862. The van der Waals surface area contributed by atoms with Crippen LogP contribution in [-0.4, -0.2) is 41.6 Å². The number of sulfonamides is 1. The number of rotatable bonds is 4. The molecule has 0 saturated carbocycles. The third-order valence-corrected chi connectivity index (χ3v) is 5.49. The number of carbonyl (C=O) groups is 1. The molecule has 0 aliphatic carbocycles. The van der Waals surface area contributed by atoms with Gasteiger partial charge in [0.15, 0.2) is 0 Å². The highest BCUT2D eigenvalue weighted by Crippen LogP contribution is 2.33. The van der Waals surface area contributed by atoms with Crippen molar-refractivity contribution >= 4 is 16.0 Å². The molecule has 2 aromatic rings. The summed E-state index contributed by atoms with van der Waals surface area (Å²) in [6, 6.07) is 10.1. The van der Waals surface area contributed by atoms with Gasteiger partial charge in [0.1, 0.15) is 0 Å². The number of carboxylic acid groups (broad SMARTS) is 1. The fourth-order valence-electron chi connectivity index (χ4n) is 3.04. The van der Waals surface area contributed by atoms with Gasteiger partial charge in [0, 0.05) is 18.3 Å². The van der Waals surface area contributed by atoms with Gasteiger partial charge in [0.2, 0.25) is 10.0 Å². The van der Waals surface area contributed by atoms with Crippen LogP contribution in [0.2, 0.25) is 0 Å². The molecule has 2 heterocycles. The first kappa shape index (κ1) is 16.6. The van der Waals surface area contributed by atoms with Crippen LogP contribution in [0.25, 0.3) is 11.1 Å². The van der Waals surface area contributed by atoms with E-state index in [0.717, 1.165) is 29.7 Å². The van der Waals surface area contributed by atoms with Crippen LogP contribution in [0, 0.1) is 0 Å². The lowest BCUT2D eigenvalue weighted by Gasteiger charge is -2.21. The van der Waals surface area contributed by atoms with E-state index in [4.69, 9.17) is 5.11 Å². The van der Waals surface area contributed by atoms with Crippen molar-refractivity contribution < 1.29 is 18.3 Å². The summed E-state index contributed by atoms with van der Waals surface area (Å²) < 4.78 is 25.2. The molecule has 1 aliphatic heterocycles. The first-order valence-electron chi connectivity index (χ1n) is 7.63. The van der Waals surface area contributed by atoms with E-state index in [1.165, 1.54) is 16.6 Å². The van der Waals surface area contributed by atoms with E-state index in [2.05, 4.69) is 4.98 Å². The monoisotopic (exact) mass is 346 g/mol. The average molecular weight is 346 g/mol. The van der Waals surface area contributed by atoms with E-state index in [0.29, 0.717) is 6.54 Å². The predicted octanol–water partition coefficient (Wildman–Crippen LogP) is 2.54. The standard InChI is InChI=1S/C17H18N2O4S/c1-24(22,23)19-9-3-6-16(19)15-8-7-14(11-18-15)12-4-2-5-13(10-12)17(20)21/h2,4-5,7-8,10-11,16H,3,6,9H2,1H3,(H,20,21)/t16-/m0/s1. The third kappa shape index (κ3) is 3.32. The number of nitrogens with zero attached hydrogens (tertiary/aromatic N) is 2. The molecule has 126 valence electrons. The van der Waals surface area contributed by atoms with Crippen molar-refractivity contribution in [1.82, 2.24) is 9.29 Å². The molecule has 1 aromatic carbocycles. The van der Waals surface area contributed by atoms with Crippen LogP contribution in [0.15, 0.2) is 42.6 Å². The van der Waals surface area contributed by atoms with Crippen molar-refractivity contribution in [2.24, 2.45) is 0 Å². The van der Waals surface area contributed by atoms with Gasteiger partial charge in [-0.3, -0.25) is 4.98 Å². The molecule has 1 aromatic heterocycles. The minimum Gasteiger partial charge on any atom is -0.478 e. The lowest BCUT2D eigenvalue weighted by molar-refractivity contribution is 0.0697. The van der Waals surface area contributed by atoms with E-state index < -0.39 is 16.0 Å². The Kier molecular flexibility index (Phi) is 4.38. The number of hydrogen-bond donors (Lipinski definition) is 1. The zero-order chi connectivity index (χ0) is 17.3. The molecule has 3 rings (SSSR count). The normalized spacial score (nSPS) is 18.6. The second-order valence-corrected chi connectivity index (χ2v) is 7.82.